The maximum absolute atomic E-state index is 6.22. The summed E-state index contributed by atoms with van der Waals surface area (Å²) in [6.07, 6.45) is 5.61. The molecule has 1 N–H and O–H groups in total. The Bertz CT molecular complexity index is 972. The maximum atomic E-state index is 6.22. The summed E-state index contributed by atoms with van der Waals surface area (Å²) >= 11 is 7.80. The molecule has 2 nitrogen and oxygen atoms in total. The number of halogens is 1. The second-order valence-corrected chi connectivity index (χ2v) is 7.68. The molecule has 0 amide bonds. The molecule has 0 aliphatic heterocycles. The zero-order valence-corrected chi connectivity index (χ0v) is 19.2. The van der Waals surface area contributed by atoms with Gasteiger partial charge < -0.3 is 9.46 Å². The number of benzene rings is 2. The highest BCUT2D eigenvalue weighted by molar-refractivity contribution is 7.99. The van der Waals surface area contributed by atoms with E-state index in [4.69, 9.17) is 16.3 Å². The fourth-order valence-electron chi connectivity index (χ4n) is 3.19. The van der Waals surface area contributed by atoms with Crippen molar-refractivity contribution in [2.24, 2.45) is 0 Å². The number of nitrogens with one attached hydrogen (secondary N) is 1. The SMILES string of the molecule is C=C\C(Cl)=C/C(C)=C(C)/C(=C(/C)c1cccc(NSC)c1)c1ccccc1OC. The van der Waals surface area contributed by atoms with Gasteiger partial charge in [0.25, 0.3) is 0 Å². The highest BCUT2D eigenvalue weighted by Crippen LogP contribution is 2.38. The molecule has 2 aromatic rings. The average molecular weight is 426 g/mol. The van der Waals surface area contributed by atoms with Gasteiger partial charge in [0.2, 0.25) is 0 Å². The number of ether oxygens (including phenoxy) is 1. The van der Waals surface area contributed by atoms with Crippen LogP contribution in [0.1, 0.15) is 31.9 Å². The highest BCUT2D eigenvalue weighted by atomic mass is 35.5. The molecular weight excluding hydrogens is 398 g/mol. The van der Waals surface area contributed by atoms with Crippen LogP contribution in [0.25, 0.3) is 11.1 Å². The molecular formula is C25H28ClNOS. The van der Waals surface area contributed by atoms with E-state index in [0.717, 1.165) is 39.3 Å². The molecule has 0 atom stereocenters. The zero-order valence-electron chi connectivity index (χ0n) is 17.7. The first-order chi connectivity index (χ1) is 13.9. The first-order valence-electron chi connectivity index (χ1n) is 9.34. The lowest BCUT2D eigenvalue weighted by Crippen LogP contribution is -1.98. The Balaban J connectivity index is 2.80. The van der Waals surface area contributed by atoms with Crippen LogP contribution in [0.2, 0.25) is 0 Å². The molecule has 152 valence electrons. The highest BCUT2D eigenvalue weighted by Gasteiger charge is 2.16. The quantitative estimate of drug-likeness (QED) is 0.263. The first kappa shape index (κ1) is 22.9. The van der Waals surface area contributed by atoms with E-state index in [1.807, 2.05) is 30.5 Å². The largest absolute Gasteiger partial charge is 0.496 e. The molecule has 0 fully saturated rings. The number of anilines is 1. The van der Waals surface area contributed by atoms with Gasteiger partial charge in [-0.25, -0.2) is 0 Å². The molecule has 29 heavy (non-hydrogen) atoms. The van der Waals surface area contributed by atoms with E-state index < -0.39 is 0 Å². The normalized spacial score (nSPS) is 13.4. The smallest absolute Gasteiger partial charge is 0.126 e. The van der Waals surface area contributed by atoms with Gasteiger partial charge in [-0.05, 0) is 72.9 Å². The average Bonchev–Trinajstić information content (AvgIpc) is 2.74. The summed E-state index contributed by atoms with van der Waals surface area (Å²) < 4.78 is 8.99. The summed E-state index contributed by atoms with van der Waals surface area (Å²) in [5.41, 5.74) is 7.78. The fraction of sp³-hybridized carbons (Fsp3) is 0.200. The predicted octanol–water partition coefficient (Wildman–Crippen LogP) is 7.96. The number of hydrogen-bond acceptors (Lipinski definition) is 3. The molecule has 0 aliphatic carbocycles. The first-order valence-corrected chi connectivity index (χ1v) is 10.9. The topological polar surface area (TPSA) is 21.3 Å². The van der Waals surface area contributed by atoms with E-state index in [-0.39, 0.29) is 0 Å². The third kappa shape index (κ3) is 5.81. The summed E-state index contributed by atoms with van der Waals surface area (Å²) in [4.78, 5) is 0. The second kappa shape index (κ2) is 11.0. The van der Waals surface area contributed by atoms with Crippen LogP contribution in [0, 0.1) is 0 Å². The maximum Gasteiger partial charge on any atom is 0.126 e. The van der Waals surface area contributed by atoms with Crippen LogP contribution in [0.3, 0.4) is 0 Å². The van der Waals surface area contributed by atoms with Gasteiger partial charge in [-0.15, -0.1) is 0 Å². The minimum atomic E-state index is 0.616. The summed E-state index contributed by atoms with van der Waals surface area (Å²) in [7, 11) is 1.70. The van der Waals surface area contributed by atoms with Crippen molar-refractivity contribution in [2.75, 3.05) is 18.1 Å². The third-order valence-electron chi connectivity index (χ3n) is 4.78. The molecule has 0 saturated carbocycles. The van der Waals surface area contributed by atoms with Crippen molar-refractivity contribution in [1.82, 2.24) is 0 Å². The van der Waals surface area contributed by atoms with E-state index in [1.54, 1.807) is 25.1 Å². The standard InChI is InChI=1S/C25H28ClNOS/c1-7-21(26)15-17(2)18(3)25(23-13-8-9-14-24(23)28-5)19(4)20-11-10-12-22(16-20)27-29-6/h7-16,27H,1H2,2-6H3/b18-17+,21-15+,25-19+. The van der Waals surface area contributed by atoms with Gasteiger partial charge in [-0.1, -0.05) is 66.5 Å². The molecule has 0 radical (unpaired) electrons. The fourth-order valence-corrected chi connectivity index (χ4v) is 3.71. The van der Waals surface area contributed by atoms with Gasteiger partial charge in [0, 0.05) is 22.5 Å². The molecule has 0 spiro atoms. The van der Waals surface area contributed by atoms with Crippen LogP contribution >= 0.6 is 23.5 Å². The van der Waals surface area contributed by atoms with Gasteiger partial charge in [0.05, 0.1) is 7.11 Å². The van der Waals surface area contributed by atoms with E-state index >= 15 is 0 Å². The Kier molecular flexibility index (Phi) is 8.69. The van der Waals surface area contributed by atoms with Gasteiger partial charge in [0.1, 0.15) is 5.75 Å². The minimum absolute atomic E-state index is 0.616. The number of para-hydroxylation sites is 1. The van der Waals surface area contributed by atoms with Crippen molar-refractivity contribution in [2.45, 2.75) is 20.8 Å². The van der Waals surface area contributed by atoms with Crippen molar-refractivity contribution < 1.29 is 4.74 Å². The lowest BCUT2D eigenvalue weighted by atomic mass is 9.88. The number of methoxy groups -OCH3 is 1. The minimum Gasteiger partial charge on any atom is -0.496 e. The molecule has 0 heterocycles. The summed E-state index contributed by atoms with van der Waals surface area (Å²) in [6, 6.07) is 16.5. The predicted molar refractivity (Wildman–Crippen MR) is 132 cm³/mol. The van der Waals surface area contributed by atoms with E-state index in [0.29, 0.717) is 5.03 Å². The summed E-state index contributed by atoms with van der Waals surface area (Å²) in [6.45, 7) is 10.1. The van der Waals surface area contributed by atoms with Crippen LogP contribution in [-0.4, -0.2) is 13.4 Å². The number of allylic oxidation sites excluding steroid dienone is 7. The summed E-state index contributed by atoms with van der Waals surface area (Å²) in [5, 5.41) is 0.616. The monoisotopic (exact) mass is 425 g/mol. The molecule has 0 bridgehead atoms. The molecule has 0 unspecified atom stereocenters. The lowest BCUT2D eigenvalue weighted by Gasteiger charge is -2.19. The third-order valence-corrected chi connectivity index (χ3v) is 5.49. The van der Waals surface area contributed by atoms with Crippen LogP contribution < -0.4 is 9.46 Å². The molecule has 0 aromatic heterocycles. The van der Waals surface area contributed by atoms with E-state index in [1.165, 1.54) is 5.57 Å². The van der Waals surface area contributed by atoms with Crippen LogP contribution in [0.15, 0.2) is 83.4 Å². The Morgan fingerprint density at radius 2 is 1.83 bits per heavy atom. The van der Waals surface area contributed by atoms with Crippen molar-refractivity contribution in [1.29, 1.82) is 0 Å². The molecule has 0 aliphatic rings. The Labute approximate surface area is 184 Å². The van der Waals surface area contributed by atoms with Crippen LogP contribution in [0.5, 0.6) is 5.75 Å². The Morgan fingerprint density at radius 1 is 1.10 bits per heavy atom. The van der Waals surface area contributed by atoms with Gasteiger partial charge >= 0.3 is 0 Å². The van der Waals surface area contributed by atoms with Gasteiger partial charge in [0.15, 0.2) is 0 Å². The van der Waals surface area contributed by atoms with Crippen molar-refractivity contribution in [3.05, 3.63) is 94.6 Å². The van der Waals surface area contributed by atoms with Crippen molar-refractivity contribution in [3.63, 3.8) is 0 Å². The van der Waals surface area contributed by atoms with Crippen molar-refractivity contribution in [3.8, 4) is 5.75 Å². The second-order valence-electron chi connectivity index (χ2n) is 6.63. The summed E-state index contributed by atoms with van der Waals surface area (Å²) in [5.74, 6) is 0.839. The zero-order chi connectivity index (χ0) is 21.4. The van der Waals surface area contributed by atoms with Gasteiger partial charge in [-0.3, -0.25) is 0 Å². The van der Waals surface area contributed by atoms with E-state index in [9.17, 15) is 0 Å². The molecule has 2 rings (SSSR count). The number of rotatable bonds is 8. The molecule has 4 heteroatoms. The van der Waals surface area contributed by atoms with Crippen LogP contribution in [0.4, 0.5) is 5.69 Å². The van der Waals surface area contributed by atoms with E-state index in [2.05, 4.69) is 62.4 Å². The van der Waals surface area contributed by atoms with Crippen molar-refractivity contribution >= 4 is 40.4 Å². The Morgan fingerprint density at radius 3 is 2.48 bits per heavy atom. The Hall–Kier alpha value is -2.36. The lowest BCUT2D eigenvalue weighted by molar-refractivity contribution is 0.413. The van der Waals surface area contributed by atoms with Gasteiger partial charge in [-0.2, -0.15) is 0 Å². The molecule has 2 aromatic carbocycles. The molecule has 0 saturated heterocycles. The number of hydrogen-bond donors (Lipinski definition) is 1. The van der Waals surface area contributed by atoms with Crippen LogP contribution in [-0.2, 0) is 0 Å².